The van der Waals surface area contributed by atoms with Gasteiger partial charge >= 0.3 is 0 Å². The lowest BCUT2D eigenvalue weighted by Gasteiger charge is -2.18. The first kappa shape index (κ1) is 18.0. The molecule has 1 amide bonds. The van der Waals surface area contributed by atoms with Crippen molar-refractivity contribution < 1.29 is 4.79 Å². The van der Waals surface area contributed by atoms with Crippen LogP contribution in [0, 0.1) is 6.92 Å². The van der Waals surface area contributed by atoms with Crippen molar-refractivity contribution in [2.45, 2.75) is 19.9 Å². The van der Waals surface area contributed by atoms with Gasteiger partial charge in [0.25, 0.3) is 5.91 Å². The first-order valence-electron chi connectivity index (χ1n) is 8.93. The Hall–Kier alpha value is -2.85. The molecule has 4 nitrogen and oxygen atoms in total. The number of amides is 1. The Morgan fingerprint density at radius 3 is 2.65 bits per heavy atom. The van der Waals surface area contributed by atoms with Crippen molar-refractivity contribution in [1.29, 1.82) is 0 Å². The zero-order valence-electron chi connectivity index (χ0n) is 15.3. The highest BCUT2D eigenvalue weighted by atomic mass is 16.1. The monoisotopic (exact) mass is 347 g/mol. The van der Waals surface area contributed by atoms with Crippen LogP contribution in [-0.4, -0.2) is 19.0 Å². The molecule has 4 heteroatoms. The topological polar surface area (TPSA) is 67.1 Å². The Morgan fingerprint density at radius 1 is 1.08 bits per heavy atom. The van der Waals surface area contributed by atoms with Gasteiger partial charge in [-0.1, -0.05) is 48.5 Å². The van der Waals surface area contributed by atoms with Crippen LogP contribution in [0.1, 0.15) is 34.5 Å². The molecule has 3 rings (SSSR count). The average molecular weight is 347 g/mol. The first-order chi connectivity index (χ1) is 12.6. The molecule has 0 aromatic heterocycles. The van der Waals surface area contributed by atoms with E-state index >= 15 is 0 Å². The van der Waals surface area contributed by atoms with Crippen LogP contribution in [0.4, 0.5) is 5.69 Å². The van der Waals surface area contributed by atoms with Gasteiger partial charge in [-0.05, 0) is 47.9 Å². The van der Waals surface area contributed by atoms with Gasteiger partial charge in [0.15, 0.2) is 0 Å². The summed E-state index contributed by atoms with van der Waals surface area (Å²) in [6, 6.07) is 20.1. The lowest BCUT2D eigenvalue weighted by atomic mass is 9.99. The molecule has 26 heavy (non-hydrogen) atoms. The predicted molar refractivity (Wildman–Crippen MR) is 109 cm³/mol. The van der Waals surface area contributed by atoms with Crippen LogP contribution in [0.5, 0.6) is 0 Å². The Bertz CT molecular complexity index is 915. The minimum absolute atomic E-state index is 0.0701. The molecule has 3 aromatic carbocycles. The van der Waals surface area contributed by atoms with Gasteiger partial charge in [0, 0.05) is 24.3 Å². The van der Waals surface area contributed by atoms with Gasteiger partial charge in [-0.2, -0.15) is 0 Å². The molecule has 0 aliphatic carbocycles. The molecule has 134 valence electrons. The van der Waals surface area contributed by atoms with Crippen LogP contribution in [0.15, 0.2) is 60.7 Å². The van der Waals surface area contributed by atoms with E-state index in [1.165, 1.54) is 5.39 Å². The van der Waals surface area contributed by atoms with Crippen LogP contribution < -0.4 is 16.4 Å². The Kier molecular flexibility index (Phi) is 5.54. The second-order valence-corrected chi connectivity index (χ2v) is 6.51. The third kappa shape index (κ3) is 3.86. The highest BCUT2D eigenvalue weighted by molar-refractivity contribution is 5.97. The molecule has 4 N–H and O–H groups in total. The van der Waals surface area contributed by atoms with Crippen LogP contribution in [0.2, 0.25) is 0 Å². The Morgan fingerprint density at radius 2 is 1.85 bits per heavy atom. The molecule has 0 heterocycles. The summed E-state index contributed by atoms with van der Waals surface area (Å²) in [6.07, 6.45) is 0. The van der Waals surface area contributed by atoms with Gasteiger partial charge in [-0.25, -0.2) is 0 Å². The summed E-state index contributed by atoms with van der Waals surface area (Å²) >= 11 is 0. The number of carbonyl (C=O) groups excluding carboxylic acids is 1. The second kappa shape index (κ2) is 8.02. The van der Waals surface area contributed by atoms with Gasteiger partial charge in [0.05, 0.1) is 6.04 Å². The summed E-state index contributed by atoms with van der Waals surface area (Å²) in [5.74, 6) is -0.0701. The third-order valence-electron chi connectivity index (χ3n) is 4.59. The number of rotatable bonds is 6. The predicted octanol–water partition coefficient (Wildman–Crippen LogP) is 4.01. The quantitative estimate of drug-likeness (QED) is 0.631. The number of nitrogens with one attached hydrogen (secondary N) is 2. The molecule has 0 fully saturated rings. The van der Waals surface area contributed by atoms with E-state index < -0.39 is 0 Å². The Labute approximate surface area is 154 Å². The van der Waals surface area contributed by atoms with Crippen molar-refractivity contribution in [1.82, 2.24) is 5.32 Å². The highest BCUT2D eigenvalue weighted by Crippen LogP contribution is 2.25. The van der Waals surface area contributed by atoms with E-state index in [-0.39, 0.29) is 11.9 Å². The molecule has 0 spiro atoms. The molecule has 0 saturated heterocycles. The standard InChI is InChI=1S/C22H25N3O/c1-15-10-11-18(24-13-12-23)14-21(15)22(26)25-16(2)19-9-5-7-17-6-3-4-8-20(17)19/h3-11,14,16,24H,12-13,23H2,1-2H3,(H,25,26)/t16-/m1/s1. The van der Waals surface area contributed by atoms with E-state index in [0.717, 1.165) is 22.2 Å². The molecule has 1 atom stereocenters. The van der Waals surface area contributed by atoms with Crippen molar-refractivity contribution in [2.24, 2.45) is 5.73 Å². The van der Waals surface area contributed by atoms with Crippen molar-refractivity contribution in [3.63, 3.8) is 0 Å². The fourth-order valence-electron chi connectivity index (χ4n) is 3.17. The van der Waals surface area contributed by atoms with E-state index in [1.807, 2.05) is 50.2 Å². The largest absolute Gasteiger partial charge is 0.384 e. The average Bonchev–Trinajstić information content (AvgIpc) is 2.66. The summed E-state index contributed by atoms with van der Waals surface area (Å²) in [4.78, 5) is 12.8. The van der Waals surface area contributed by atoms with Gasteiger partial charge in [-0.15, -0.1) is 0 Å². The molecule has 0 bridgehead atoms. The summed E-state index contributed by atoms with van der Waals surface area (Å²) < 4.78 is 0. The smallest absolute Gasteiger partial charge is 0.252 e. The van der Waals surface area contributed by atoms with Crippen molar-refractivity contribution >= 4 is 22.4 Å². The molecule has 0 saturated carbocycles. The van der Waals surface area contributed by atoms with E-state index in [4.69, 9.17) is 5.73 Å². The molecular formula is C22H25N3O. The van der Waals surface area contributed by atoms with Crippen molar-refractivity contribution in [3.05, 3.63) is 77.4 Å². The number of hydrogen-bond donors (Lipinski definition) is 3. The van der Waals surface area contributed by atoms with E-state index in [9.17, 15) is 4.79 Å². The van der Waals surface area contributed by atoms with Crippen molar-refractivity contribution in [2.75, 3.05) is 18.4 Å². The molecule has 3 aromatic rings. The molecule has 0 radical (unpaired) electrons. The fraction of sp³-hybridized carbons (Fsp3) is 0.227. The molecule has 0 unspecified atom stereocenters. The Balaban J connectivity index is 1.83. The zero-order valence-corrected chi connectivity index (χ0v) is 15.3. The van der Waals surface area contributed by atoms with Crippen LogP contribution in [-0.2, 0) is 0 Å². The summed E-state index contributed by atoms with van der Waals surface area (Å²) in [5.41, 5.74) is 9.19. The maximum atomic E-state index is 12.8. The van der Waals surface area contributed by atoms with Crippen molar-refractivity contribution in [3.8, 4) is 0 Å². The fourth-order valence-corrected chi connectivity index (χ4v) is 3.17. The van der Waals surface area contributed by atoms with Crippen LogP contribution in [0.25, 0.3) is 10.8 Å². The highest BCUT2D eigenvalue weighted by Gasteiger charge is 2.15. The van der Waals surface area contributed by atoms with Crippen LogP contribution in [0.3, 0.4) is 0 Å². The number of hydrogen-bond acceptors (Lipinski definition) is 3. The van der Waals surface area contributed by atoms with Gasteiger partial charge in [-0.3, -0.25) is 4.79 Å². The number of fused-ring (bicyclic) bond motifs is 1. The number of benzene rings is 3. The maximum absolute atomic E-state index is 12.8. The summed E-state index contributed by atoms with van der Waals surface area (Å²) in [7, 11) is 0. The molecule has 0 aliphatic heterocycles. The number of carbonyl (C=O) groups is 1. The van der Waals surface area contributed by atoms with E-state index in [0.29, 0.717) is 18.7 Å². The zero-order chi connectivity index (χ0) is 18.5. The maximum Gasteiger partial charge on any atom is 0.252 e. The third-order valence-corrected chi connectivity index (χ3v) is 4.59. The summed E-state index contributed by atoms with van der Waals surface area (Å²) in [6.45, 7) is 5.19. The minimum atomic E-state index is -0.0892. The van der Waals surface area contributed by atoms with Crippen LogP contribution >= 0.6 is 0 Å². The van der Waals surface area contributed by atoms with E-state index in [1.54, 1.807) is 0 Å². The lowest BCUT2D eigenvalue weighted by Crippen LogP contribution is -2.27. The molecular weight excluding hydrogens is 322 g/mol. The minimum Gasteiger partial charge on any atom is -0.384 e. The number of nitrogens with two attached hydrogens (primary N) is 1. The van der Waals surface area contributed by atoms with E-state index in [2.05, 4.69) is 34.9 Å². The second-order valence-electron chi connectivity index (χ2n) is 6.51. The summed E-state index contributed by atoms with van der Waals surface area (Å²) in [5, 5.41) is 8.70. The normalized spacial score (nSPS) is 12.0. The van der Waals surface area contributed by atoms with Gasteiger partial charge in [0.1, 0.15) is 0 Å². The molecule has 0 aliphatic rings. The first-order valence-corrected chi connectivity index (χ1v) is 8.93. The number of anilines is 1. The van der Waals surface area contributed by atoms with Gasteiger partial charge < -0.3 is 16.4 Å². The SMILES string of the molecule is Cc1ccc(NCCN)cc1C(=O)N[C@H](C)c1cccc2ccccc12. The number of aryl methyl sites for hydroxylation is 1. The lowest BCUT2D eigenvalue weighted by molar-refractivity contribution is 0.0939. The van der Waals surface area contributed by atoms with Gasteiger partial charge in [0.2, 0.25) is 0 Å².